The summed E-state index contributed by atoms with van der Waals surface area (Å²) in [5, 5.41) is 1.96. The van der Waals surface area contributed by atoms with Gasteiger partial charge in [-0.05, 0) is 45.4 Å². The Morgan fingerprint density at radius 2 is 1.81 bits per heavy atom. The van der Waals surface area contributed by atoms with Gasteiger partial charge in [0.1, 0.15) is 28.1 Å². The Morgan fingerprint density at radius 1 is 1.19 bits per heavy atom. The van der Waals surface area contributed by atoms with Gasteiger partial charge >= 0.3 is 18.2 Å². The monoisotopic (exact) mass is 387 g/mol. The number of esters is 1. The van der Waals surface area contributed by atoms with E-state index in [2.05, 4.69) is 10.1 Å². The molecule has 0 saturated heterocycles. The zero-order valence-electron chi connectivity index (χ0n) is 15.5. The Hall–Kier alpha value is -2.71. The molecular weight excluding hydrogens is 367 g/mol. The summed E-state index contributed by atoms with van der Waals surface area (Å²) in [6.07, 6.45) is -5.64. The van der Waals surface area contributed by atoms with Crippen molar-refractivity contribution < 1.29 is 36.7 Å². The minimum atomic E-state index is -4.75. The first-order valence-corrected chi connectivity index (χ1v) is 8.02. The Labute approximate surface area is 153 Å². The van der Waals surface area contributed by atoms with Crippen LogP contribution in [0.1, 0.15) is 48.0 Å². The van der Waals surface area contributed by atoms with Gasteiger partial charge in [0.2, 0.25) is 0 Å². The highest BCUT2D eigenvalue weighted by Gasteiger charge is 2.39. The number of amides is 1. The van der Waals surface area contributed by atoms with Crippen molar-refractivity contribution in [3.63, 3.8) is 0 Å². The number of nitrogens with one attached hydrogen (secondary N) is 1. The van der Waals surface area contributed by atoms with Crippen molar-refractivity contribution in [1.29, 1.82) is 0 Å². The summed E-state index contributed by atoms with van der Waals surface area (Å²) in [5.74, 6) is -1.35. The summed E-state index contributed by atoms with van der Waals surface area (Å²) in [5.41, 5.74) is -1.80. The lowest BCUT2D eigenvalue weighted by molar-refractivity contribution is -0.137. The first-order valence-electron chi connectivity index (χ1n) is 8.02. The fraction of sp³-hybridized carbons (Fsp3) is 0.444. The number of carbonyl (C=O) groups is 2. The maximum absolute atomic E-state index is 13.6. The molecule has 0 fully saturated rings. The average molecular weight is 387 g/mol. The van der Waals surface area contributed by atoms with Gasteiger partial charge in [-0.1, -0.05) is 0 Å². The van der Waals surface area contributed by atoms with E-state index in [1.165, 1.54) is 12.1 Å². The van der Waals surface area contributed by atoms with Crippen LogP contribution < -0.4 is 5.32 Å². The van der Waals surface area contributed by atoms with Gasteiger partial charge < -0.3 is 19.2 Å². The summed E-state index contributed by atoms with van der Waals surface area (Å²) in [6, 6.07) is 2.65. The Balaban J connectivity index is 2.52. The number of ether oxygens (including phenoxy) is 2. The van der Waals surface area contributed by atoms with Crippen LogP contribution in [0.4, 0.5) is 18.0 Å². The number of rotatable bonds is 3. The van der Waals surface area contributed by atoms with E-state index in [1.807, 2.05) is 0 Å². The highest BCUT2D eigenvalue weighted by molar-refractivity contribution is 6.03. The molecular formula is C18H20F3NO5. The molecule has 0 bridgehead atoms. The Morgan fingerprint density at radius 3 is 2.33 bits per heavy atom. The fourth-order valence-corrected chi connectivity index (χ4v) is 2.56. The van der Waals surface area contributed by atoms with Gasteiger partial charge in [-0.15, -0.1) is 0 Å². The van der Waals surface area contributed by atoms with Crippen LogP contribution in [0.3, 0.4) is 0 Å². The number of benzene rings is 1. The lowest BCUT2D eigenvalue weighted by atomic mass is 10.0. The maximum atomic E-state index is 13.6. The van der Waals surface area contributed by atoms with Crippen LogP contribution in [-0.2, 0) is 22.2 Å². The summed E-state index contributed by atoms with van der Waals surface area (Å²) in [4.78, 5) is 23.7. The lowest BCUT2D eigenvalue weighted by Crippen LogP contribution is -2.32. The lowest BCUT2D eigenvalue weighted by Gasteiger charge is -2.19. The number of hydrogen-bond donors (Lipinski definition) is 1. The zero-order chi connectivity index (χ0) is 20.6. The average Bonchev–Trinajstić information content (AvgIpc) is 2.87. The third-order valence-corrected chi connectivity index (χ3v) is 3.49. The third kappa shape index (κ3) is 4.72. The summed E-state index contributed by atoms with van der Waals surface area (Å²) < 4.78 is 55.9. The van der Waals surface area contributed by atoms with Crippen LogP contribution >= 0.6 is 0 Å². The van der Waals surface area contributed by atoms with Crippen molar-refractivity contribution in [2.45, 2.75) is 46.0 Å². The van der Waals surface area contributed by atoms with Crippen LogP contribution in [0.2, 0.25) is 0 Å². The van der Waals surface area contributed by atoms with Crippen molar-refractivity contribution in [3.8, 4) is 0 Å². The molecule has 0 aliphatic rings. The van der Waals surface area contributed by atoms with Gasteiger partial charge in [0.25, 0.3) is 0 Å². The normalized spacial score (nSPS) is 12.1. The van der Waals surface area contributed by atoms with E-state index in [0.717, 1.165) is 7.11 Å². The molecule has 1 N–H and O–H groups in total. The van der Waals surface area contributed by atoms with E-state index in [4.69, 9.17) is 9.15 Å². The second kappa shape index (κ2) is 7.13. The van der Waals surface area contributed by atoms with Gasteiger partial charge in [-0.25, -0.2) is 9.59 Å². The van der Waals surface area contributed by atoms with Crippen molar-refractivity contribution >= 4 is 23.0 Å². The molecule has 0 spiro atoms. The molecule has 9 heteroatoms. The van der Waals surface area contributed by atoms with E-state index in [1.54, 1.807) is 27.7 Å². The van der Waals surface area contributed by atoms with Gasteiger partial charge in [0.05, 0.1) is 13.7 Å². The summed E-state index contributed by atoms with van der Waals surface area (Å²) in [6.45, 7) is 5.87. The molecule has 1 amide bonds. The molecule has 27 heavy (non-hydrogen) atoms. The second-order valence-corrected chi connectivity index (χ2v) is 6.93. The topological polar surface area (TPSA) is 77.8 Å². The quantitative estimate of drug-likeness (QED) is 0.781. The zero-order valence-corrected chi connectivity index (χ0v) is 15.5. The number of halogens is 3. The van der Waals surface area contributed by atoms with E-state index in [0.29, 0.717) is 5.56 Å². The molecule has 0 unspecified atom stereocenters. The maximum Gasteiger partial charge on any atom is 0.420 e. The van der Waals surface area contributed by atoms with E-state index in [9.17, 15) is 22.8 Å². The number of carbonyl (C=O) groups excluding carboxylic acids is 2. The Bertz CT molecular complexity index is 878. The van der Waals surface area contributed by atoms with Crippen molar-refractivity contribution in [2.75, 3.05) is 7.11 Å². The molecule has 0 atom stereocenters. The molecule has 2 aromatic rings. The number of alkyl carbamates (subject to hydrolysis) is 1. The van der Waals surface area contributed by atoms with Crippen LogP contribution in [0.25, 0.3) is 11.0 Å². The molecule has 0 aliphatic heterocycles. The highest BCUT2D eigenvalue weighted by Crippen LogP contribution is 2.41. The minimum Gasteiger partial charge on any atom is -0.465 e. The first-order chi connectivity index (χ1) is 12.3. The van der Waals surface area contributed by atoms with Crippen molar-refractivity contribution in [3.05, 3.63) is 34.6 Å². The standard InChI is InChI=1S/C18H20F3NO5/c1-9-6-10-13(18(19,20)21)12(8-22-16(24)27-17(2,3)4)26-14(10)11(7-9)15(23)25-5/h6-7H,8H2,1-5H3,(H,22,24). The van der Waals surface area contributed by atoms with E-state index < -0.39 is 41.7 Å². The predicted octanol–water partition coefficient (Wildman–Crippen LogP) is 4.57. The van der Waals surface area contributed by atoms with Gasteiger partial charge in [-0.3, -0.25) is 0 Å². The molecule has 148 valence electrons. The largest absolute Gasteiger partial charge is 0.465 e. The molecule has 0 aliphatic carbocycles. The molecule has 2 rings (SSSR count). The van der Waals surface area contributed by atoms with Crippen LogP contribution in [-0.4, -0.2) is 24.8 Å². The minimum absolute atomic E-state index is 0.124. The molecule has 6 nitrogen and oxygen atoms in total. The number of fused-ring (bicyclic) bond motifs is 1. The number of hydrogen-bond acceptors (Lipinski definition) is 5. The first kappa shape index (κ1) is 20.6. The van der Waals surface area contributed by atoms with Crippen LogP contribution in [0.5, 0.6) is 0 Å². The Kier molecular flexibility index (Phi) is 5.44. The van der Waals surface area contributed by atoms with E-state index in [-0.39, 0.29) is 16.5 Å². The van der Waals surface area contributed by atoms with Gasteiger partial charge in [0.15, 0.2) is 0 Å². The molecule has 1 heterocycles. The van der Waals surface area contributed by atoms with E-state index >= 15 is 0 Å². The molecule has 0 saturated carbocycles. The van der Waals surface area contributed by atoms with Gasteiger partial charge in [0, 0.05) is 5.39 Å². The number of aryl methyl sites for hydroxylation is 1. The number of methoxy groups -OCH3 is 1. The van der Waals surface area contributed by atoms with Crippen LogP contribution in [0, 0.1) is 6.92 Å². The third-order valence-electron chi connectivity index (χ3n) is 3.49. The smallest absolute Gasteiger partial charge is 0.420 e. The molecule has 0 radical (unpaired) electrons. The number of furan rings is 1. The number of alkyl halides is 3. The fourth-order valence-electron chi connectivity index (χ4n) is 2.56. The van der Waals surface area contributed by atoms with Crippen molar-refractivity contribution in [2.24, 2.45) is 0 Å². The highest BCUT2D eigenvalue weighted by atomic mass is 19.4. The second-order valence-electron chi connectivity index (χ2n) is 6.93. The van der Waals surface area contributed by atoms with Crippen molar-refractivity contribution in [1.82, 2.24) is 5.32 Å². The molecule has 1 aromatic heterocycles. The SMILES string of the molecule is COC(=O)c1cc(C)cc2c(C(F)(F)F)c(CNC(=O)OC(C)(C)C)oc12. The summed E-state index contributed by atoms with van der Waals surface area (Å²) in [7, 11) is 1.12. The summed E-state index contributed by atoms with van der Waals surface area (Å²) >= 11 is 0. The molecule has 1 aromatic carbocycles. The predicted molar refractivity (Wildman–Crippen MR) is 90.4 cm³/mol. The van der Waals surface area contributed by atoms with Crippen LogP contribution in [0.15, 0.2) is 16.5 Å². The van der Waals surface area contributed by atoms with Gasteiger partial charge in [-0.2, -0.15) is 13.2 Å².